The molecule has 1 aromatic heterocycles. The summed E-state index contributed by atoms with van der Waals surface area (Å²) in [7, 11) is 5.35. The quantitative estimate of drug-likeness (QED) is 0.820. The fourth-order valence-corrected chi connectivity index (χ4v) is 1.67. The normalized spacial score (nSPS) is 11.8. The fourth-order valence-electron chi connectivity index (χ4n) is 1.59. The summed E-state index contributed by atoms with van der Waals surface area (Å²) in [5, 5.41) is 0. The molecule has 0 radical (unpaired) electrons. The van der Waals surface area contributed by atoms with E-state index in [-0.39, 0.29) is 11.8 Å². The van der Waals surface area contributed by atoms with E-state index in [0.29, 0.717) is 17.1 Å². The molecule has 1 amide bonds. The molecule has 0 aliphatic rings. The van der Waals surface area contributed by atoms with Gasteiger partial charge in [-0.1, -0.05) is 19.1 Å². The van der Waals surface area contributed by atoms with Gasteiger partial charge < -0.3 is 15.5 Å². The molecule has 0 fully saturated rings. The number of rotatable bonds is 5. The lowest BCUT2D eigenvalue weighted by Crippen LogP contribution is -2.31. The standard InChI is InChI=1S/C13H20N4OS/c1-9(12(14)19)8-17(4)11-6-5-10(7-15-11)13(18)16(2)3/h5-7,9H,8H2,1-4H3,(H2,14,19). The van der Waals surface area contributed by atoms with Crippen molar-refractivity contribution in [3.63, 3.8) is 0 Å². The smallest absolute Gasteiger partial charge is 0.254 e. The van der Waals surface area contributed by atoms with Gasteiger partial charge in [0.05, 0.1) is 10.6 Å². The maximum absolute atomic E-state index is 11.7. The number of hydrogen-bond acceptors (Lipinski definition) is 4. The average molecular weight is 280 g/mol. The molecule has 0 aliphatic carbocycles. The first-order valence-electron chi connectivity index (χ1n) is 6.01. The molecule has 0 saturated carbocycles. The Kier molecular flexibility index (Phi) is 5.23. The first-order valence-corrected chi connectivity index (χ1v) is 6.42. The number of carbonyl (C=O) groups excluding carboxylic acids is 1. The van der Waals surface area contributed by atoms with Crippen molar-refractivity contribution in [1.29, 1.82) is 0 Å². The third-order valence-electron chi connectivity index (χ3n) is 2.83. The first-order chi connectivity index (χ1) is 8.82. The highest BCUT2D eigenvalue weighted by Gasteiger charge is 2.12. The highest BCUT2D eigenvalue weighted by atomic mass is 32.1. The lowest BCUT2D eigenvalue weighted by Gasteiger charge is -2.22. The summed E-state index contributed by atoms with van der Waals surface area (Å²) in [6.45, 7) is 2.67. The van der Waals surface area contributed by atoms with E-state index in [1.54, 1.807) is 26.4 Å². The Morgan fingerprint density at radius 1 is 1.42 bits per heavy atom. The van der Waals surface area contributed by atoms with E-state index in [4.69, 9.17) is 18.0 Å². The minimum atomic E-state index is -0.0572. The summed E-state index contributed by atoms with van der Waals surface area (Å²) in [6, 6.07) is 3.59. The third kappa shape index (κ3) is 4.17. The predicted molar refractivity (Wildman–Crippen MR) is 81.5 cm³/mol. The number of thiocarbonyl (C=S) groups is 1. The number of nitrogens with two attached hydrogens (primary N) is 1. The Morgan fingerprint density at radius 2 is 2.05 bits per heavy atom. The molecule has 0 spiro atoms. The van der Waals surface area contributed by atoms with Crippen LogP contribution in [0.5, 0.6) is 0 Å². The lowest BCUT2D eigenvalue weighted by molar-refractivity contribution is 0.0827. The van der Waals surface area contributed by atoms with E-state index in [2.05, 4.69) is 4.98 Å². The Balaban J connectivity index is 2.76. The van der Waals surface area contributed by atoms with Crippen molar-refractivity contribution in [3.05, 3.63) is 23.9 Å². The molecule has 1 aromatic rings. The van der Waals surface area contributed by atoms with E-state index in [9.17, 15) is 4.79 Å². The van der Waals surface area contributed by atoms with Crippen LogP contribution in [0.15, 0.2) is 18.3 Å². The Morgan fingerprint density at radius 3 is 2.47 bits per heavy atom. The summed E-state index contributed by atoms with van der Waals surface area (Å²) in [6.07, 6.45) is 1.58. The van der Waals surface area contributed by atoms with Crippen LogP contribution in [0.2, 0.25) is 0 Å². The minimum Gasteiger partial charge on any atom is -0.393 e. The van der Waals surface area contributed by atoms with Crippen LogP contribution in [0.25, 0.3) is 0 Å². The van der Waals surface area contributed by atoms with Crippen LogP contribution in [-0.4, -0.2) is 48.5 Å². The fraction of sp³-hybridized carbons (Fsp3) is 0.462. The zero-order valence-electron chi connectivity index (χ0n) is 11.8. The monoisotopic (exact) mass is 280 g/mol. The number of pyridine rings is 1. The van der Waals surface area contributed by atoms with Gasteiger partial charge in [0.15, 0.2) is 0 Å². The van der Waals surface area contributed by atoms with Crippen LogP contribution >= 0.6 is 12.2 Å². The zero-order valence-corrected chi connectivity index (χ0v) is 12.6. The van der Waals surface area contributed by atoms with E-state index >= 15 is 0 Å². The molecule has 0 aromatic carbocycles. The van der Waals surface area contributed by atoms with E-state index in [0.717, 1.165) is 5.82 Å². The molecule has 1 unspecified atom stereocenters. The first kappa shape index (κ1) is 15.4. The number of amides is 1. The van der Waals surface area contributed by atoms with Gasteiger partial charge in [-0.2, -0.15) is 0 Å². The predicted octanol–water partition coefficient (Wildman–Crippen LogP) is 1.14. The molecule has 104 valence electrons. The third-order valence-corrected chi connectivity index (χ3v) is 3.23. The molecular formula is C13H20N4OS. The summed E-state index contributed by atoms with van der Waals surface area (Å²) < 4.78 is 0. The van der Waals surface area contributed by atoms with Crippen molar-refractivity contribution in [2.75, 3.05) is 32.6 Å². The van der Waals surface area contributed by atoms with Crippen molar-refractivity contribution in [3.8, 4) is 0 Å². The van der Waals surface area contributed by atoms with Gasteiger partial charge in [0.25, 0.3) is 5.91 Å². The van der Waals surface area contributed by atoms with Gasteiger partial charge in [-0.3, -0.25) is 4.79 Å². The molecule has 1 atom stereocenters. The van der Waals surface area contributed by atoms with Crippen molar-refractivity contribution < 1.29 is 4.79 Å². The van der Waals surface area contributed by atoms with Crippen LogP contribution in [0.1, 0.15) is 17.3 Å². The Hall–Kier alpha value is -1.69. The molecule has 0 aliphatic heterocycles. The van der Waals surface area contributed by atoms with Gasteiger partial charge in [-0.05, 0) is 12.1 Å². The van der Waals surface area contributed by atoms with Crippen molar-refractivity contribution in [1.82, 2.24) is 9.88 Å². The summed E-state index contributed by atoms with van der Waals surface area (Å²) in [5.41, 5.74) is 6.17. The topological polar surface area (TPSA) is 62.5 Å². The molecule has 6 heteroatoms. The van der Waals surface area contributed by atoms with Gasteiger partial charge in [0, 0.05) is 39.8 Å². The number of carbonyl (C=O) groups is 1. The minimum absolute atomic E-state index is 0.0572. The number of aromatic nitrogens is 1. The molecule has 0 bridgehead atoms. The largest absolute Gasteiger partial charge is 0.393 e. The van der Waals surface area contributed by atoms with Crippen LogP contribution < -0.4 is 10.6 Å². The molecule has 2 N–H and O–H groups in total. The van der Waals surface area contributed by atoms with Gasteiger partial charge in [-0.15, -0.1) is 0 Å². The number of anilines is 1. The van der Waals surface area contributed by atoms with Gasteiger partial charge in [-0.25, -0.2) is 4.98 Å². The van der Waals surface area contributed by atoms with Crippen molar-refractivity contribution in [2.24, 2.45) is 11.7 Å². The molecule has 19 heavy (non-hydrogen) atoms. The number of hydrogen-bond donors (Lipinski definition) is 1. The summed E-state index contributed by atoms with van der Waals surface area (Å²) in [4.78, 5) is 20.0. The zero-order chi connectivity index (χ0) is 14.6. The SMILES string of the molecule is CC(CN(C)c1ccc(C(=O)N(C)C)cn1)C(N)=S. The van der Waals surface area contributed by atoms with Gasteiger partial charge in [0.2, 0.25) is 0 Å². The maximum atomic E-state index is 11.7. The summed E-state index contributed by atoms with van der Waals surface area (Å²) in [5.74, 6) is 0.849. The Labute approximate surface area is 119 Å². The van der Waals surface area contributed by atoms with Crippen LogP contribution in [0, 0.1) is 5.92 Å². The molecule has 5 nitrogen and oxygen atoms in total. The van der Waals surface area contributed by atoms with Gasteiger partial charge >= 0.3 is 0 Å². The molecular weight excluding hydrogens is 260 g/mol. The Bertz CT molecular complexity index is 458. The van der Waals surface area contributed by atoms with E-state index < -0.39 is 0 Å². The second-order valence-corrected chi connectivity index (χ2v) is 5.26. The highest BCUT2D eigenvalue weighted by molar-refractivity contribution is 7.80. The molecule has 1 heterocycles. The molecule has 1 rings (SSSR count). The van der Waals surface area contributed by atoms with Gasteiger partial charge in [0.1, 0.15) is 5.82 Å². The van der Waals surface area contributed by atoms with Crippen LogP contribution in [-0.2, 0) is 0 Å². The van der Waals surface area contributed by atoms with Crippen molar-refractivity contribution >= 4 is 28.9 Å². The average Bonchev–Trinajstić information content (AvgIpc) is 2.37. The van der Waals surface area contributed by atoms with Crippen LogP contribution in [0.3, 0.4) is 0 Å². The number of nitrogens with zero attached hydrogens (tertiary/aromatic N) is 3. The second kappa shape index (κ2) is 6.47. The van der Waals surface area contributed by atoms with Crippen LogP contribution in [0.4, 0.5) is 5.82 Å². The lowest BCUT2D eigenvalue weighted by atomic mass is 10.1. The second-order valence-electron chi connectivity index (χ2n) is 4.79. The maximum Gasteiger partial charge on any atom is 0.254 e. The van der Waals surface area contributed by atoms with E-state index in [1.807, 2.05) is 24.9 Å². The van der Waals surface area contributed by atoms with E-state index in [1.165, 1.54) is 4.90 Å². The highest BCUT2D eigenvalue weighted by Crippen LogP contribution is 2.12. The summed E-state index contributed by atoms with van der Waals surface area (Å²) >= 11 is 4.95. The van der Waals surface area contributed by atoms with Crippen molar-refractivity contribution in [2.45, 2.75) is 6.92 Å². The molecule has 0 saturated heterocycles.